The molecule has 0 aliphatic carbocycles. The molecule has 1 aromatic carbocycles. The number of nitrogens with one attached hydrogen (secondary N) is 1. The third-order valence-electron chi connectivity index (χ3n) is 4.29. The van der Waals surface area contributed by atoms with Crippen molar-refractivity contribution < 1.29 is 9.53 Å². The van der Waals surface area contributed by atoms with Gasteiger partial charge in [-0.05, 0) is 37.4 Å². The SMILES string of the molecule is CN1CCC(OC(=O)C2NCCc3ccccc32)CC1. The molecule has 3 rings (SSSR count). The summed E-state index contributed by atoms with van der Waals surface area (Å²) in [5.41, 5.74) is 2.34. The quantitative estimate of drug-likeness (QED) is 0.830. The molecule has 0 spiro atoms. The van der Waals surface area contributed by atoms with Crippen LogP contribution in [0.5, 0.6) is 0 Å². The third-order valence-corrected chi connectivity index (χ3v) is 4.29. The molecule has 0 aromatic heterocycles. The highest BCUT2D eigenvalue weighted by atomic mass is 16.5. The van der Waals surface area contributed by atoms with Crippen LogP contribution in [0.4, 0.5) is 0 Å². The zero-order valence-electron chi connectivity index (χ0n) is 12.0. The van der Waals surface area contributed by atoms with Crippen LogP contribution in [-0.2, 0) is 16.0 Å². The molecule has 2 heterocycles. The van der Waals surface area contributed by atoms with E-state index in [9.17, 15) is 4.79 Å². The number of nitrogens with zero attached hydrogens (tertiary/aromatic N) is 1. The van der Waals surface area contributed by atoms with Crippen LogP contribution in [0.2, 0.25) is 0 Å². The number of carbonyl (C=O) groups is 1. The van der Waals surface area contributed by atoms with Crippen LogP contribution in [0.1, 0.15) is 30.0 Å². The lowest BCUT2D eigenvalue weighted by Crippen LogP contribution is -2.40. The Bertz CT molecular complexity index is 481. The predicted octanol–water partition coefficient (Wildman–Crippen LogP) is 1.51. The van der Waals surface area contributed by atoms with Crippen LogP contribution in [0.3, 0.4) is 0 Å². The van der Waals surface area contributed by atoms with Crippen LogP contribution in [-0.4, -0.2) is 43.7 Å². The van der Waals surface area contributed by atoms with E-state index < -0.39 is 0 Å². The maximum atomic E-state index is 12.4. The van der Waals surface area contributed by atoms with Gasteiger partial charge in [0.1, 0.15) is 12.1 Å². The van der Waals surface area contributed by atoms with Crippen molar-refractivity contribution in [1.29, 1.82) is 0 Å². The molecule has 1 aromatic rings. The van der Waals surface area contributed by atoms with Gasteiger partial charge >= 0.3 is 5.97 Å². The molecule has 4 nitrogen and oxygen atoms in total. The first kappa shape index (κ1) is 13.6. The number of benzene rings is 1. The number of fused-ring (bicyclic) bond motifs is 1. The fourth-order valence-corrected chi connectivity index (χ4v) is 3.05. The van der Waals surface area contributed by atoms with Gasteiger partial charge in [-0.2, -0.15) is 0 Å². The van der Waals surface area contributed by atoms with E-state index in [0.717, 1.165) is 44.5 Å². The van der Waals surface area contributed by atoms with Gasteiger partial charge in [-0.25, -0.2) is 4.79 Å². The van der Waals surface area contributed by atoms with Crippen molar-refractivity contribution in [2.75, 3.05) is 26.7 Å². The number of hydrogen-bond acceptors (Lipinski definition) is 4. The van der Waals surface area contributed by atoms with Gasteiger partial charge in [-0.1, -0.05) is 24.3 Å². The summed E-state index contributed by atoms with van der Waals surface area (Å²) in [4.78, 5) is 14.7. The average Bonchev–Trinajstić information content (AvgIpc) is 2.49. The molecule has 0 radical (unpaired) electrons. The minimum atomic E-state index is -0.292. The first-order valence-corrected chi connectivity index (χ1v) is 7.44. The van der Waals surface area contributed by atoms with Crippen molar-refractivity contribution in [3.63, 3.8) is 0 Å². The van der Waals surface area contributed by atoms with Gasteiger partial charge in [0.15, 0.2) is 0 Å². The molecular weight excluding hydrogens is 252 g/mol. The number of carbonyl (C=O) groups excluding carboxylic acids is 1. The molecule has 1 N–H and O–H groups in total. The molecule has 1 fully saturated rings. The second-order valence-corrected chi connectivity index (χ2v) is 5.78. The number of hydrogen-bond donors (Lipinski definition) is 1. The Labute approximate surface area is 120 Å². The summed E-state index contributed by atoms with van der Waals surface area (Å²) in [6.07, 6.45) is 2.94. The molecule has 20 heavy (non-hydrogen) atoms. The fourth-order valence-electron chi connectivity index (χ4n) is 3.05. The highest BCUT2D eigenvalue weighted by Gasteiger charge is 2.29. The van der Waals surface area contributed by atoms with Crippen molar-refractivity contribution in [2.24, 2.45) is 0 Å². The van der Waals surface area contributed by atoms with E-state index in [2.05, 4.69) is 23.3 Å². The van der Waals surface area contributed by atoms with E-state index in [1.807, 2.05) is 18.2 Å². The predicted molar refractivity (Wildman–Crippen MR) is 77.5 cm³/mol. The van der Waals surface area contributed by atoms with E-state index in [1.54, 1.807) is 0 Å². The van der Waals surface area contributed by atoms with Crippen LogP contribution in [0, 0.1) is 0 Å². The average molecular weight is 274 g/mol. The Hall–Kier alpha value is -1.39. The maximum Gasteiger partial charge on any atom is 0.328 e. The maximum absolute atomic E-state index is 12.4. The van der Waals surface area contributed by atoms with Crippen molar-refractivity contribution >= 4 is 5.97 Å². The summed E-state index contributed by atoms with van der Waals surface area (Å²) in [6, 6.07) is 7.86. The summed E-state index contributed by atoms with van der Waals surface area (Å²) in [5.74, 6) is -0.119. The monoisotopic (exact) mass is 274 g/mol. The molecule has 1 atom stereocenters. The van der Waals surface area contributed by atoms with Crippen LogP contribution >= 0.6 is 0 Å². The van der Waals surface area contributed by atoms with Gasteiger partial charge < -0.3 is 15.0 Å². The normalized spacial score (nSPS) is 24.1. The Morgan fingerprint density at radius 1 is 1.30 bits per heavy atom. The van der Waals surface area contributed by atoms with Crippen molar-refractivity contribution in [2.45, 2.75) is 31.4 Å². The molecule has 1 saturated heterocycles. The Morgan fingerprint density at radius 2 is 2.05 bits per heavy atom. The number of rotatable bonds is 2. The van der Waals surface area contributed by atoms with E-state index in [0.29, 0.717) is 0 Å². The Balaban J connectivity index is 1.66. The standard InChI is InChI=1S/C16H22N2O2/c1-18-10-7-13(8-11-18)20-16(19)15-14-5-3-2-4-12(14)6-9-17-15/h2-5,13,15,17H,6-11H2,1H3. The van der Waals surface area contributed by atoms with E-state index in [4.69, 9.17) is 4.74 Å². The van der Waals surface area contributed by atoms with Crippen LogP contribution in [0.15, 0.2) is 24.3 Å². The molecule has 0 bridgehead atoms. The molecule has 1 unspecified atom stereocenters. The van der Waals surface area contributed by atoms with E-state index in [1.165, 1.54) is 5.56 Å². The summed E-state index contributed by atoms with van der Waals surface area (Å²) in [5, 5.41) is 3.29. The second kappa shape index (κ2) is 5.94. The summed E-state index contributed by atoms with van der Waals surface area (Å²) in [6.45, 7) is 2.85. The summed E-state index contributed by atoms with van der Waals surface area (Å²) >= 11 is 0. The largest absolute Gasteiger partial charge is 0.461 e. The molecule has 0 saturated carbocycles. The molecule has 2 aliphatic heterocycles. The number of likely N-dealkylation sites (tertiary alicyclic amines) is 1. The highest BCUT2D eigenvalue weighted by molar-refractivity contribution is 5.78. The minimum absolute atomic E-state index is 0.0783. The number of esters is 1. The second-order valence-electron chi connectivity index (χ2n) is 5.78. The third kappa shape index (κ3) is 2.86. The van der Waals surface area contributed by atoms with Crippen LogP contribution < -0.4 is 5.32 Å². The topological polar surface area (TPSA) is 41.6 Å². The fraction of sp³-hybridized carbons (Fsp3) is 0.562. The smallest absolute Gasteiger partial charge is 0.328 e. The van der Waals surface area contributed by atoms with Gasteiger partial charge in [-0.3, -0.25) is 0 Å². The van der Waals surface area contributed by atoms with Crippen molar-refractivity contribution in [3.8, 4) is 0 Å². The Kier molecular flexibility index (Phi) is 4.03. The zero-order valence-corrected chi connectivity index (χ0v) is 12.0. The lowest BCUT2D eigenvalue weighted by Gasteiger charge is -2.31. The van der Waals surface area contributed by atoms with Crippen molar-refractivity contribution in [3.05, 3.63) is 35.4 Å². The first-order chi connectivity index (χ1) is 9.74. The molecule has 4 heteroatoms. The van der Waals surface area contributed by atoms with Gasteiger partial charge in [0.2, 0.25) is 0 Å². The number of piperidine rings is 1. The van der Waals surface area contributed by atoms with E-state index >= 15 is 0 Å². The van der Waals surface area contributed by atoms with Gasteiger partial charge in [-0.15, -0.1) is 0 Å². The molecular formula is C16H22N2O2. The molecule has 2 aliphatic rings. The van der Waals surface area contributed by atoms with Crippen LogP contribution in [0.25, 0.3) is 0 Å². The number of ether oxygens (including phenoxy) is 1. The minimum Gasteiger partial charge on any atom is -0.461 e. The zero-order chi connectivity index (χ0) is 13.9. The highest BCUT2D eigenvalue weighted by Crippen LogP contribution is 2.25. The van der Waals surface area contributed by atoms with Crippen molar-refractivity contribution in [1.82, 2.24) is 10.2 Å². The summed E-state index contributed by atoms with van der Waals surface area (Å²) < 4.78 is 5.71. The molecule has 0 amide bonds. The Morgan fingerprint density at radius 3 is 2.85 bits per heavy atom. The van der Waals surface area contributed by atoms with E-state index in [-0.39, 0.29) is 18.1 Å². The van der Waals surface area contributed by atoms with Gasteiger partial charge in [0.05, 0.1) is 0 Å². The van der Waals surface area contributed by atoms with Gasteiger partial charge in [0.25, 0.3) is 0 Å². The van der Waals surface area contributed by atoms with Gasteiger partial charge in [0, 0.05) is 19.6 Å². The lowest BCUT2D eigenvalue weighted by atomic mass is 9.94. The lowest BCUT2D eigenvalue weighted by molar-refractivity contribution is -0.154. The first-order valence-electron chi connectivity index (χ1n) is 7.44. The summed E-state index contributed by atoms with van der Waals surface area (Å²) in [7, 11) is 2.11. The molecule has 108 valence electrons.